The van der Waals surface area contributed by atoms with Crippen LogP contribution in [0.4, 0.5) is 8.78 Å². The van der Waals surface area contributed by atoms with Crippen LogP contribution in [-0.4, -0.2) is 53.9 Å². The van der Waals surface area contributed by atoms with E-state index in [1.165, 1.54) is 29.2 Å². The molecular formula is C16H17F2NO4S. The largest absolute Gasteiger partial charge is 0.481 e. The SMILES string of the molecule is O=C(c1ccc(SC(F)F)cc1)N1C[C@H]2COCC[C@@]2(C(=O)O)C1. The third-order valence-electron chi connectivity index (χ3n) is 4.75. The number of benzene rings is 1. The number of amides is 1. The number of carboxylic acids is 1. The molecule has 1 N–H and O–H groups in total. The molecule has 2 heterocycles. The van der Waals surface area contributed by atoms with E-state index in [2.05, 4.69) is 0 Å². The van der Waals surface area contributed by atoms with Gasteiger partial charge in [-0.25, -0.2) is 0 Å². The zero-order valence-electron chi connectivity index (χ0n) is 12.8. The lowest BCUT2D eigenvalue weighted by Crippen LogP contribution is -2.45. The van der Waals surface area contributed by atoms with Crippen molar-refractivity contribution in [2.75, 3.05) is 26.3 Å². The third kappa shape index (κ3) is 3.12. The zero-order chi connectivity index (χ0) is 17.3. The molecule has 8 heteroatoms. The number of thioether (sulfide) groups is 1. The molecule has 0 saturated carbocycles. The van der Waals surface area contributed by atoms with Crippen LogP contribution in [0, 0.1) is 11.3 Å². The van der Waals surface area contributed by atoms with Gasteiger partial charge in [-0.15, -0.1) is 0 Å². The van der Waals surface area contributed by atoms with Crippen LogP contribution in [0.25, 0.3) is 0 Å². The van der Waals surface area contributed by atoms with Crippen LogP contribution in [0.3, 0.4) is 0 Å². The first-order chi connectivity index (χ1) is 11.4. The van der Waals surface area contributed by atoms with Crippen LogP contribution in [0.15, 0.2) is 29.2 Å². The van der Waals surface area contributed by atoms with Crippen molar-refractivity contribution in [3.8, 4) is 0 Å². The first kappa shape index (κ1) is 17.2. The average molecular weight is 357 g/mol. The Bertz CT molecular complexity index is 639. The molecule has 1 aromatic carbocycles. The normalized spacial score (nSPS) is 26.5. The fraction of sp³-hybridized carbons (Fsp3) is 0.500. The van der Waals surface area contributed by atoms with Crippen LogP contribution in [0.1, 0.15) is 16.8 Å². The van der Waals surface area contributed by atoms with Gasteiger partial charge in [-0.2, -0.15) is 8.78 Å². The van der Waals surface area contributed by atoms with Crippen molar-refractivity contribution in [1.82, 2.24) is 4.90 Å². The van der Waals surface area contributed by atoms with E-state index >= 15 is 0 Å². The standard InChI is InChI=1S/C16H17F2NO4S/c17-15(18)24-12-3-1-10(2-4-12)13(20)19-7-11-8-23-6-5-16(11,9-19)14(21)22/h1-4,11,15H,5-9H2,(H,21,22)/t11-,16+/m0/s1. The zero-order valence-corrected chi connectivity index (χ0v) is 13.6. The van der Waals surface area contributed by atoms with Gasteiger partial charge in [0.25, 0.3) is 11.7 Å². The molecule has 2 aliphatic heterocycles. The van der Waals surface area contributed by atoms with Crippen LogP contribution in [0.5, 0.6) is 0 Å². The number of carbonyl (C=O) groups is 2. The van der Waals surface area contributed by atoms with Gasteiger partial charge in [0.2, 0.25) is 0 Å². The fourth-order valence-electron chi connectivity index (χ4n) is 3.42. The van der Waals surface area contributed by atoms with Crippen molar-refractivity contribution < 1.29 is 28.2 Å². The summed E-state index contributed by atoms with van der Waals surface area (Å²) in [5, 5.41) is 9.62. The van der Waals surface area contributed by atoms with E-state index in [9.17, 15) is 23.5 Å². The van der Waals surface area contributed by atoms with Crippen molar-refractivity contribution in [1.29, 1.82) is 0 Å². The monoisotopic (exact) mass is 357 g/mol. The van der Waals surface area contributed by atoms with Gasteiger partial charge in [0, 0.05) is 36.1 Å². The Hall–Kier alpha value is -1.67. The summed E-state index contributed by atoms with van der Waals surface area (Å²) in [5.41, 5.74) is -0.576. The fourth-order valence-corrected chi connectivity index (χ4v) is 3.91. The minimum Gasteiger partial charge on any atom is -0.481 e. The number of alkyl halides is 2. The maximum absolute atomic E-state index is 12.6. The molecule has 5 nitrogen and oxygen atoms in total. The summed E-state index contributed by atoms with van der Waals surface area (Å²) in [6.45, 7) is 1.20. The minimum absolute atomic E-state index is 0.155. The van der Waals surface area contributed by atoms with Crippen LogP contribution in [-0.2, 0) is 9.53 Å². The quantitative estimate of drug-likeness (QED) is 0.839. The van der Waals surface area contributed by atoms with E-state index in [4.69, 9.17) is 4.74 Å². The van der Waals surface area contributed by atoms with Gasteiger partial charge >= 0.3 is 5.97 Å². The third-order valence-corrected chi connectivity index (χ3v) is 5.47. The molecule has 130 valence electrons. The molecule has 0 radical (unpaired) electrons. The number of hydrogen-bond acceptors (Lipinski definition) is 4. The summed E-state index contributed by atoms with van der Waals surface area (Å²) in [7, 11) is 0. The van der Waals surface area contributed by atoms with Gasteiger partial charge in [-0.05, 0) is 30.7 Å². The Balaban J connectivity index is 1.75. The molecule has 1 aromatic rings. The number of ether oxygens (including phenoxy) is 1. The number of likely N-dealkylation sites (tertiary alicyclic amines) is 1. The van der Waals surface area contributed by atoms with Crippen molar-refractivity contribution in [3.05, 3.63) is 29.8 Å². The second kappa shape index (κ2) is 6.68. The Morgan fingerprint density at radius 2 is 2.04 bits per heavy atom. The van der Waals surface area contributed by atoms with Crippen molar-refractivity contribution in [3.63, 3.8) is 0 Å². The highest BCUT2D eigenvalue weighted by molar-refractivity contribution is 7.99. The lowest BCUT2D eigenvalue weighted by Gasteiger charge is -2.33. The summed E-state index contributed by atoms with van der Waals surface area (Å²) in [6, 6.07) is 5.95. The molecule has 3 rings (SSSR count). The predicted molar refractivity (Wildman–Crippen MR) is 83.2 cm³/mol. The van der Waals surface area contributed by atoms with Gasteiger partial charge in [0.15, 0.2) is 0 Å². The first-order valence-corrected chi connectivity index (χ1v) is 8.45. The number of halogens is 2. The number of hydrogen-bond donors (Lipinski definition) is 1. The number of aliphatic carboxylic acids is 1. The van der Waals surface area contributed by atoms with E-state index < -0.39 is 17.1 Å². The molecule has 2 saturated heterocycles. The minimum atomic E-state index is -2.51. The molecular weight excluding hydrogens is 340 g/mol. The highest BCUT2D eigenvalue weighted by Gasteiger charge is 2.54. The van der Waals surface area contributed by atoms with E-state index in [1.54, 1.807) is 0 Å². The van der Waals surface area contributed by atoms with Crippen LogP contribution in [0.2, 0.25) is 0 Å². The molecule has 0 spiro atoms. The first-order valence-electron chi connectivity index (χ1n) is 7.58. The van der Waals surface area contributed by atoms with Gasteiger partial charge in [0.1, 0.15) is 0 Å². The Labute approximate surface area is 142 Å². The van der Waals surface area contributed by atoms with Crippen molar-refractivity contribution >= 4 is 23.6 Å². The smallest absolute Gasteiger partial charge is 0.311 e. The summed E-state index contributed by atoms with van der Waals surface area (Å²) < 4.78 is 30.0. The van der Waals surface area contributed by atoms with Gasteiger partial charge in [0.05, 0.1) is 12.0 Å². The summed E-state index contributed by atoms with van der Waals surface area (Å²) >= 11 is 0.418. The van der Waals surface area contributed by atoms with Gasteiger partial charge in [-0.3, -0.25) is 9.59 Å². The predicted octanol–water partition coefficient (Wildman–Crippen LogP) is 2.56. The molecule has 0 aromatic heterocycles. The maximum atomic E-state index is 12.6. The molecule has 0 bridgehead atoms. The summed E-state index contributed by atoms with van der Waals surface area (Å²) in [6.07, 6.45) is 0.390. The molecule has 24 heavy (non-hydrogen) atoms. The average Bonchev–Trinajstić information content (AvgIpc) is 2.95. The second-order valence-electron chi connectivity index (χ2n) is 6.07. The van der Waals surface area contributed by atoms with Crippen LogP contribution >= 0.6 is 11.8 Å². The number of fused-ring (bicyclic) bond motifs is 1. The van der Waals surface area contributed by atoms with E-state index in [-0.39, 0.29) is 18.4 Å². The Morgan fingerprint density at radius 3 is 2.62 bits per heavy atom. The van der Waals surface area contributed by atoms with Crippen molar-refractivity contribution in [2.45, 2.75) is 17.1 Å². The molecule has 2 fully saturated rings. The molecule has 2 aliphatic rings. The van der Waals surface area contributed by atoms with E-state index in [0.717, 1.165) is 0 Å². The van der Waals surface area contributed by atoms with E-state index in [0.29, 0.717) is 48.4 Å². The summed E-state index contributed by atoms with van der Waals surface area (Å²) in [5.74, 6) is -3.90. The van der Waals surface area contributed by atoms with E-state index in [1.807, 2.05) is 0 Å². The molecule has 0 unspecified atom stereocenters. The molecule has 1 amide bonds. The van der Waals surface area contributed by atoms with Gasteiger partial charge in [-0.1, -0.05) is 11.8 Å². The molecule has 0 aliphatic carbocycles. The lowest BCUT2D eigenvalue weighted by atomic mass is 9.74. The Kier molecular flexibility index (Phi) is 4.78. The summed E-state index contributed by atoms with van der Waals surface area (Å²) in [4.78, 5) is 26.3. The number of rotatable bonds is 4. The number of carbonyl (C=O) groups excluding carboxylic acids is 1. The lowest BCUT2D eigenvalue weighted by molar-refractivity contribution is -0.157. The highest BCUT2D eigenvalue weighted by atomic mass is 32.2. The maximum Gasteiger partial charge on any atom is 0.311 e. The molecule has 2 atom stereocenters. The highest BCUT2D eigenvalue weighted by Crippen LogP contribution is 2.42. The van der Waals surface area contributed by atoms with Gasteiger partial charge < -0.3 is 14.7 Å². The topological polar surface area (TPSA) is 66.8 Å². The second-order valence-corrected chi connectivity index (χ2v) is 7.14. The van der Waals surface area contributed by atoms with Crippen molar-refractivity contribution in [2.24, 2.45) is 11.3 Å². The van der Waals surface area contributed by atoms with Crippen LogP contribution < -0.4 is 0 Å². The number of nitrogens with zero attached hydrogens (tertiary/aromatic N) is 1. The Morgan fingerprint density at radius 1 is 1.33 bits per heavy atom. The number of carboxylic acid groups (broad SMARTS) is 1.